The number of aromatic nitrogens is 4. The molecule has 0 unspecified atom stereocenters. The summed E-state index contributed by atoms with van der Waals surface area (Å²) in [6.07, 6.45) is 1.60. The van der Waals surface area contributed by atoms with Gasteiger partial charge in [0, 0.05) is 56.9 Å². The number of hydrogen-bond donors (Lipinski definition) is 1. The van der Waals surface area contributed by atoms with E-state index in [4.69, 9.17) is 0 Å². The normalized spacial score (nSPS) is 14.4. The lowest BCUT2D eigenvalue weighted by Gasteiger charge is -2.36. The van der Waals surface area contributed by atoms with Crippen molar-refractivity contribution in [2.45, 2.75) is 6.92 Å². The second kappa shape index (κ2) is 7.54. The molecule has 1 N–H and O–H groups in total. The number of piperazine rings is 1. The van der Waals surface area contributed by atoms with Crippen LogP contribution in [0.1, 0.15) is 16.2 Å². The lowest BCUT2D eigenvalue weighted by Crippen LogP contribution is -2.48. The molecule has 31 heavy (non-hydrogen) atoms. The molecule has 3 heterocycles. The van der Waals surface area contributed by atoms with Crippen LogP contribution in [0.3, 0.4) is 0 Å². The highest BCUT2D eigenvalue weighted by atomic mass is 16.2. The second-order valence-electron chi connectivity index (χ2n) is 8.13. The molecule has 2 aromatic heterocycles. The Balaban J connectivity index is 1.32. The van der Waals surface area contributed by atoms with E-state index in [9.17, 15) is 4.79 Å². The molecule has 0 atom stereocenters. The smallest absolute Gasteiger partial charge is 0.254 e. The van der Waals surface area contributed by atoms with Crippen molar-refractivity contribution in [3.8, 4) is 0 Å². The molecule has 8 nitrogen and oxygen atoms in total. The van der Waals surface area contributed by atoms with Crippen LogP contribution >= 0.6 is 0 Å². The number of carbonyl (C=O) groups excluding carboxylic acids is 1. The predicted molar refractivity (Wildman–Crippen MR) is 123 cm³/mol. The fraction of sp³-hybridized carbons (Fsp3) is 0.304. The molecule has 5 rings (SSSR count). The van der Waals surface area contributed by atoms with Crippen LogP contribution in [0.2, 0.25) is 0 Å². The van der Waals surface area contributed by atoms with E-state index in [1.165, 1.54) is 0 Å². The number of anilines is 2. The Kier molecular flexibility index (Phi) is 4.69. The monoisotopic (exact) mass is 415 g/mol. The third kappa shape index (κ3) is 3.54. The number of benzene rings is 2. The summed E-state index contributed by atoms with van der Waals surface area (Å²) in [7, 11) is 3.97. The van der Waals surface area contributed by atoms with Crippen molar-refractivity contribution in [3.63, 3.8) is 0 Å². The fourth-order valence-corrected chi connectivity index (χ4v) is 4.20. The van der Waals surface area contributed by atoms with E-state index in [-0.39, 0.29) is 5.91 Å². The first-order valence-electron chi connectivity index (χ1n) is 10.4. The molecule has 1 fully saturated rings. The predicted octanol–water partition coefficient (Wildman–Crippen LogP) is 2.84. The van der Waals surface area contributed by atoms with E-state index >= 15 is 0 Å². The van der Waals surface area contributed by atoms with Crippen molar-refractivity contribution in [1.29, 1.82) is 0 Å². The van der Waals surface area contributed by atoms with Crippen LogP contribution in [0.15, 0.2) is 42.7 Å². The number of nitrogens with one attached hydrogen (secondary N) is 1. The number of hydrogen-bond acceptors (Lipinski definition) is 6. The number of aryl methyl sites for hydroxylation is 1. The maximum absolute atomic E-state index is 13.0. The van der Waals surface area contributed by atoms with Crippen LogP contribution in [0, 0.1) is 6.92 Å². The standard InChI is InChI=1S/C23H25N7O/c1-15-26-20-6-4-16(12-21(20)27-15)23(31)30-10-8-29(9-11-30)17-5-7-19-18(13-17)22(28(2)3)25-14-24-19/h4-7,12-14H,8-11H2,1-3H3,(H,26,27). The minimum absolute atomic E-state index is 0.0654. The van der Waals surface area contributed by atoms with Gasteiger partial charge in [-0.05, 0) is 43.3 Å². The number of amides is 1. The van der Waals surface area contributed by atoms with Crippen LogP contribution < -0.4 is 9.80 Å². The van der Waals surface area contributed by atoms with Crippen molar-refractivity contribution in [2.24, 2.45) is 0 Å². The number of H-pyrrole nitrogens is 1. The largest absolute Gasteiger partial charge is 0.368 e. The number of nitrogens with zero attached hydrogens (tertiary/aromatic N) is 6. The van der Waals surface area contributed by atoms with E-state index in [0.29, 0.717) is 18.7 Å². The van der Waals surface area contributed by atoms with E-state index in [1.807, 2.05) is 55.1 Å². The molecule has 8 heteroatoms. The van der Waals surface area contributed by atoms with Gasteiger partial charge >= 0.3 is 0 Å². The first kappa shape index (κ1) is 19.3. The van der Waals surface area contributed by atoms with Gasteiger partial charge in [-0.1, -0.05) is 0 Å². The number of rotatable bonds is 3. The number of aromatic amines is 1. The number of fused-ring (bicyclic) bond motifs is 2. The van der Waals surface area contributed by atoms with Crippen molar-refractivity contribution < 1.29 is 4.79 Å². The van der Waals surface area contributed by atoms with Gasteiger partial charge < -0.3 is 19.7 Å². The average Bonchev–Trinajstić information content (AvgIpc) is 3.17. The van der Waals surface area contributed by atoms with Gasteiger partial charge in [0.05, 0.1) is 16.6 Å². The summed E-state index contributed by atoms with van der Waals surface area (Å²) in [6, 6.07) is 12.0. The fourth-order valence-electron chi connectivity index (χ4n) is 4.20. The Morgan fingerprint density at radius 2 is 1.77 bits per heavy atom. The van der Waals surface area contributed by atoms with Gasteiger partial charge in [0.15, 0.2) is 0 Å². The Hall–Kier alpha value is -3.68. The van der Waals surface area contributed by atoms with Crippen LogP contribution in [0.5, 0.6) is 0 Å². The summed E-state index contributed by atoms with van der Waals surface area (Å²) in [4.78, 5) is 35.7. The lowest BCUT2D eigenvalue weighted by molar-refractivity contribution is 0.0747. The summed E-state index contributed by atoms with van der Waals surface area (Å²) in [5.74, 6) is 1.83. The summed E-state index contributed by atoms with van der Waals surface area (Å²) in [6.45, 7) is 4.86. The van der Waals surface area contributed by atoms with Crippen molar-refractivity contribution in [2.75, 3.05) is 50.1 Å². The Morgan fingerprint density at radius 1 is 1.00 bits per heavy atom. The van der Waals surface area contributed by atoms with Gasteiger partial charge in [0.1, 0.15) is 18.0 Å². The molecule has 158 valence electrons. The maximum atomic E-state index is 13.0. The zero-order chi connectivity index (χ0) is 21.5. The van der Waals surface area contributed by atoms with Crippen molar-refractivity contribution in [3.05, 3.63) is 54.1 Å². The van der Waals surface area contributed by atoms with Gasteiger partial charge in [0.25, 0.3) is 5.91 Å². The first-order valence-corrected chi connectivity index (χ1v) is 10.4. The maximum Gasteiger partial charge on any atom is 0.254 e. The molecular formula is C23H25N7O. The van der Waals surface area contributed by atoms with Crippen molar-refractivity contribution >= 4 is 39.3 Å². The third-order valence-corrected chi connectivity index (χ3v) is 5.80. The lowest BCUT2D eigenvalue weighted by atomic mass is 10.1. The Bertz CT molecular complexity index is 1270. The first-order chi connectivity index (χ1) is 15.0. The molecule has 4 aromatic rings. The highest BCUT2D eigenvalue weighted by Gasteiger charge is 2.23. The zero-order valence-corrected chi connectivity index (χ0v) is 18.0. The number of carbonyl (C=O) groups is 1. The van der Waals surface area contributed by atoms with Crippen LogP contribution in [0.4, 0.5) is 11.5 Å². The summed E-state index contributed by atoms with van der Waals surface area (Å²) >= 11 is 0. The van der Waals surface area contributed by atoms with Crippen LogP contribution in [-0.4, -0.2) is 71.0 Å². The highest BCUT2D eigenvalue weighted by molar-refractivity contribution is 5.97. The third-order valence-electron chi connectivity index (χ3n) is 5.80. The summed E-state index contributed by atoms with van der Waals surface area (Å²) in [5.41, 5.74) is 4.55. The van der Waals surface area contributed by atoms with E-state index < -0.39 is 0 Å². The minimum atomic E-state index is 0.0654. The van der Waals surface area contributed by atoms with Crippen LogP contribution in [0.25, 0.3) is 21.9 Å². The van der Waals surface area contributed by atoms with Gasteiger partial charge in [-0.3, -0.25) is 4.79 Å². The molecular weight excluding hydrogens is 390 g/mol. The minimum Gasteiger partial charge on any atom is -0.368 e. The highest BCUT2D eigenvalue weighted by Crippen LogP contribution is 2.27. The molecule has 2 aromatic carbocycles. The SMILES string of the molecule is Cc1nc2ccc(C(=O)N3CCN(c4ccc5ncnc(N(C)C)c5c4)CC3)cc2[nH]1. The summed E-state index contributed by atoms with van der Waals surface area (Å²) < 4.78 is 0. The molecule has 0 radical (unpaired) electrons. The molecule has 1 amide bonds. The molecule has 1 aliphatic rings. The molecule has 1 saturated heterocycles. The van der Waals surface area contributed by atoms with E-state index in [2.05, 4.69) is 37.0 Å². The molecule has 1 aliphatic heterocycles. The molecule has 0 spiro atoms. The van der Waals surface area contributed by atoms with Gasteiger partial charge in [-0.15, -0.1) is 0 Å². The average molecular weight is 416 g/mol. The van der Waals surface area contributed by atoms with E-state index in [0.717, 1.165) is 52.4 Å². The molecule has 0 bridgehead atoms. The number of imidazole rings is 1. The Morgan fingerprint density at radius 3 is 2.55 bits per heavy atom. The van der Waals surface area contributed by atoms with E-state index in [1.54, 1.807) is 6.33 Å². The topological polar surface area (TPSA) is 81.2 Å². The molecule has 0 saturated carbocycles. The quantitative estimate of drug-likeness (QED) is 0.554. The van der Waals surface area contributed by atoms with Crippen LogP contribution in [-0.2, 0) is 0 Å². The zero-order valence-electron chi connectivity index (χ0n) is 18.0. The Labute approximate surface area is 180 Å². The van der Waals surface area contributed by atoms with Crippen molar-refractivity contribution in [1.82, 2.24) is 24.8 Å². The van der Waals surface area contributed by atoms with Gasteiger partial charge in [0.2, 0.25) is 0 Å². The van der Waals surface area contributed by atoms with Gasteiger partial charge in [-0.25, -0.2) is 15.0 Å². The molecule has 0 aliphatic carbocycles. The summed E-state index contributed by atoms with van der Waals surface area (Å²) in [5, 5.41) is 1.03. The van der Waals surface area contributed by atoms with Gasteiger partial charge in [-0.2, -0.15) is 0 Å². The second-order valence-corrected chi connectivity index (χ2v) is 8.13.